The first-order valence-corrected chi connectivity index (χ1v) is 7.90. The number of nitrogens with two attached hydrogens (primary N) is 1. The van der Waals surface area contributed by atoms with Gasteiger partial charge in [0.05, 0.1) is 6.61 Å². The third kappa shape index (κ3) is 5.30. The van der Waals surface area contributed by atoms with Crippen molar-refractivity contribution in [1.82, 2.24) is 4.90 Å². The lowest BCUT2D eigenvalue weighted by molar-refractivity contribution is 0.0138. The fourth-order valence-electron chi connectivity index (χ4n) is 2.53. The molecule has 2 N–H and O–H groups in total. The van der Waals surface area contributed by atoms with Gasteiger partial charge in [0, 0.05) is 30.8 Å². The lowest BCUT2D eigenvalue weighted by atomic mass is 9.99. The van der Waals surface area contributed by atoms with Gasteiger partial charge in [-0.15, -0.1) is 0 Å². The number of hydrogen-bond acceptors (Lipinski definition) is 4. The predicted octanol–water partition coefficient (Wildman–Crippen LogP) is 3.43. The summed E-state index contributed by atoms with van der Waals surface area (Å²) in [5.41, 5.74) is 5.59. The Morgan fingerprint density at radius 1 is 1.43 bits per heavy atom. The van der Waals surface area contributed by atoms with E-state index in [1.807, 2.05) is 20.8 Å². The van der Waals surface area contributed by atoms with E-state index in [2.05, 4.69) is 0 Å². The van der Waals surface area contributed by atoms with Crippen LogP contribution >= 0.6 is 0 Å². The Balaban J connectivity index is 1.89. The molecule has 23 heavy (non-hydrogen) atoms. The highest BCUT2D eigenvalue weighted by atomic mass is 19.1. The first-order chi connectivity index (χ1) is 10.7. The number of likely N-dealkylation sites (tertiary alicyclic amines) is 1. The molecule has 0 spiro atoms. The molecule has 1 aromatic carbocycles. The number of amides is 1. The maximum absolute atomic E-state index is 13.6. The van der Waals surface area contributed by atoms with E-state index in [-0.39, 0.29) is 17.8 Å². The summed E-state index contributed by atoms with van der Waals surface area (Å²) < 4.78 is 24.6. The van der Waals surface area contributed by atoms with Gasteiger partial charge in [0.1, 0.15) is 5.60 Å². The predicted molar refractivity (Wildman–Crippen MR) is 86.8 cm³/mol. The molecule has 5 nitrogen and oxygen atoms in total. The van der Waals surface area contributed by atoms with E-state index < -0.39 is 11.4 Å². The molecule has 0 bridgehead atoms. The van der Waals surface area contributed by atoms with Crippen molar-refractivity contribution < 1.29 is 18.7 Å². The zero-order valence-corrected chi connectivity index (χ0v) is 14.0. The average Bonchev–Trinajstić information content (AvgIpc) is 2.47. The van der Waals surface area contributed by atoms with Gasteiger partial charge in [-0.05, 0) is 45.7 Å². The topological polar surface area (TPSA) is 64.8 Å². The summed E-state index contributed by atoms with van der Waals surface area (Å²) in [6, 6.07) is 4.26. The molecule has 1 aliphatic heterocycles. The SMILES string of the molecule is CC(C)(C)OC(=O)N1CCC[C@H](COc2cc(N)ccc2F)C1. The fourth-order valence-corrected chi connectivity index (χ4v) is 2.53. The van der Waals surface area contributed by atoms with Crippen molar-refractivity contribution in [2.75, 3.05) is 25.4 Å². The Morgan fingerprint density at radius 3 is 2.87 bits per heavy atom. The number of nitrogens with zero attached hydrogens (tertiary/aromatic N) is 1. The first-order valence-electron chi connectivity index (χ1n) is 7.90. The van der Waals surface area contributed by atoms with Crippen LogP contribution in [0.3, 0.4) is 0 Å². The smallest absolute Gasteiger partial charge is 0.410 e. The Kier molecular flexibility index (Phi) is 5.34. The van der Waals surface area contributed by atoms with Crippen LogP contribution in [-0.4, -0.2) is 36.3 Å². The second-order valence-electron chi connectivity index (χ2n) is 6.94. The molecule has 0 saturated carbocycles. The molecule has 128 valence electrons. The molecule has 1 aromatic rings. The van der Waals surface area contributed by atoms with E-state index in [0.29, 0.717) is 25.4 Å². The molecule has 6 heteroatoms. The number of halogens is 1. The maximum Gasteiger partial charge on any atom is 0.410 e. The molecular formula is C17H25FN2O3. The molecule has 1 heterocycles. The molecule has 1 fully saturated rings. The van der Waals surface area contributed by atoms with E-state index in [9.17, 15) is 9.18 Å². The van der Waals surface area contributed by atoms with Gasteiger partial charge in [-0.1, -0.05) is 0 Å². The van der Waals surface area contributed by atoms with E-state index >= 15 is 0 Å². The van der Waals surface area contributed by atoms with Crippen molar-refractivity contribution in [3.63, 3.8) is 0 Å². The fraction of sp³-hybridized carbons (Fsp3) is 0.588. The summed E-state index contributed by atoms with van der Waals surface area (Å²) in [6.45, 7) is 7.12. The monoisotopic (exact) mass is 324 g/mol. The summed E-state index contributed by atoms with van der Waals surface area (Å²) >= 11 is 0. The Bertz CT molecular complexity index is 557. The molecule has 0 radical (unpaired) electrons. The van der Waals surface area contributed by atoms with Crippen LogP contribution in [0.5, 0.6) is 5.75 Å². The third-order valence-corrected chi connectivity index (χ3v) is 3.60. The van der Waals surface area contributed by atoms with Crippen LogP contribution in [-0.2, 0) is 4.74 Å². The highest BCUT2D eigenvalue weighted by Gasteiger charge is 2.28. The zero-order chi connectivity index (χ0) is 17.0. The van der Waals surface area contributed by atoms with Gasteiger partial charge >= 0.3 is 6.09 Å². The molecule has 0 unspecified atom stereocenters. The lowest BCUT2D eigenvalue weighted by Gasteiger charge is -2.34. The Morgan fingerprint density at radius 2 is 2.17 bits per heavy atom. The number of anilines is 1. The van der Waals surface area contributed by atoms with Crippen LogP contribution in [0.2, 0.25) is 0 Å². The number of hydrogen-bond donors (Lipinski definition) is 1. The highest BCUT2D eigenvalue weighted by Crippen LogP contribution is 2.23. The number of benzene rings is 1. The number of carbonyl (C=O) groups excluding carboxylic acids is 1. The summed E-state index contributed by atoms with van der Waals surface area (Å²) in [5, 5.41) is 0. The molecule has 1 saturated heterocycles. The molecule has 1 atom stereocenters. The largest absolute Gasteiger partial charge is 0.490 e. The second kappa shape index (κ2) is 7.06. The minimum Gasteiger partial charge on any atom is -0.490 e. The number of piperidine rings is 1. The van der Waals surface area contributed by atoms with Crippen molar-refractivity contribution in [3.05, 3.63) is 24.0 Å². The van der Waals surface area contributed by atoms with Gasteiger partial charge in [-0.2, -0.15) is 0 Å². The van der Waals surface area contributed by atoms with E-state index in [1.54, 1.807) is 4.90 Å². The Hall–Kier alpha value is -1.98. The van der Waals surface area contributed by atoms with Crippen LogP contribution in [0.1, 0.15) is 33.6 Å². The van der Waals surface area contributed by atoms with Gasteiger partial charge in [-0.25, -0.2) is 9.18 Å². The van der Waals surface area contributed by atoms with E-state index in [1.165, 1.54) is 18.2 Å². The number of ether oxygens (including phenoxy) is 2. The molecule has 1 amide bonds. The van der Waals surface area contributed by atoms with Gasteiger partial charge in [0.2, 0.25) is 0 Å². The minimum absolute atomic E-state index is 0.150. The number of carbonyl (C=O) groups is 1. The summed E-state index contributed by atoms with van der Waals surface area (Å²) in [5.74, 6) is -0.129. The van der Waals surface area contributed by atoms with Crippen LogP contribution in [0.4, 0.5) is 14.9 Å². The highest BCUT2D eigenvalue weighted by molar-refractivity contribution is 5.68. The minimum atomic E-state index is -0.509. The zero-order valence-electron chi connectivity index (χ0n) is 14.0. The number of nitrogen functional groups attached to an aromatic ring is 1. The summed E-state index contributed by atoms with van der Waals surface area (Å²) in [7, 11) is 0. The molecular weight excluding hydrogens is 299 g/mol. The van der Waals surface area contributed by atoms with Crippen LogP contribution in [0.25, 0.3) is 0 Å². The first kappa shape index (κ1) is 17.4. The van der Waals surface area contributed by atoms with Crippen molar-refractivity contribution >= 4 is 11.8 Å². The van der Waals surface area contributed by atoms with E-state index in [0.717, 1.165) is 12.8 Å². The third-order valence-electron chi connectivity index (χ3n) is 3.60. The average molecular weight is 324 g/mol. The molecule has 2 rings (SSSR count). The standard InChI is InChI=1S/C17H25FN2O3/c1-17(2,3)23-16(21)20-8-4-5-12(10-20)11-22-15-9-13(19)6-7-14(15)18/h6-7,9,12H,4-5,8,10-11,19H2,1-3H3/t12-/m0/s1. The Labute approximate surface area is 136 Å². The second-order valence-corrected chi connectivity index (χ2v) is 6.94. The van der Waals surface area contributed by atoms with Crippen molar-refractivity contribution in [3.8, 4) is 5.75 Å². The molecule has 1 aliphatic rings. The van der Waals surface area contributed by atoms with Crippen LogP contribution in [0, 0.1) is 11.7 Å². The van der Waals surface area contributed by atoms with Gasteiger partial charge in [0.15, 0.2) is 11.6 Å². The number of rotatable bonds is 3. The van der Waals surface area contributed by atoms with E-state index in [4.69, 9.17) is 15.2 Å². The van der Waals surface area contributed by atoms with Gasteiger partial charge in [0.25, 0.3) is 0 Å². The normalized spacial score (nSPS) is 18.6. The van der Waals surface area contributed by atoms with Crippen molar-refractivity contribution in [1.29, 1.82) is 0 Å². The quantitative estimate of drug-likeness (QED) is 0.865. The summed E-state index contributed by atoms with van der Waals surface area (Å²) in [4.78, 5) is 13.8. The van der Waals surface area contributed by atoms with Crippen molar-refractivity contribution in [2.45, 2.75) is 39.2 Å². The van der Waals surface area contributed by atoms with Crippen LogP contribution in [0.15, 0.2) is 18.2 Å². The van der Waals surface area contributed by atoms with Crippen LogP contribution < -0.4 is 10.5 Å². The maximum atomic E-state index is 13.6. The van der Waals surface area contributed by atoms with Crippen molar-refractivity contribution in [2.24, 2.45) is 5.92 Å². The van der Waals surface area contributed by atoms with Gasteiger partial charge < -0.3 is 20.1 Å². The molecule has 0 aliphatic carbocycles. The molecule has 0 aromatic heterocycles. The van der Waals surface area contributed by atoms with Gasteiger partial charge in [-0.3, -0.25) is 0 Å². The lowest BCUT2D eigenvalue weighted by Crippen LogP contribution is -2.44. The summed E-state index contributed by atoms with van der Waals surface area (Å²) in [6.07, 6.45) is 1.51.